The lowest BCUT2D eigenvalue weighted by Gasteiger charge is -2.16. The van der Waals surface area contributed by atoms with Gasteiger partial charge in [0.15, 0.2) is 11.6 Å². The first-order valence-electron chi connectivity index (χ1n) is 9.22. The molecule has 4 rings (SSSR count). The molecule has 1 aromatic carbocycles. The molecular formula is C20H22Cl2FN5O2S. The number of carbonyl (C=O) groups excluding carboxylic acids is 1. The van der Waals surface area contributed by atoms with Crippen molar-refractivity contribution in [3.63, 3.8) is 0 Å². The van der Waals surface area contributed by atoms with E-state index in [0.29, 0.717) is 5.56 Å². The highest BCUT2D eigenvalue weighted by Crippen LogP contribution is 2.25. The van der Waals surface area contributed by atoms with Crippen LogP contribution in [0.4, 0.5) is 10.2 Å². The number of likely N-dealkylation sites (tertiary alicyclic amines) is 1. The second-order valence-electron chi connectivity index (χ2n) is 6.85. The van der Waals surface area contributed by atoms with Crippen molar-refractivity contribution in [2.24, 2.45) is 0 Å². The van der Waals surface area contributed by atoms with Crippen molar-refractivity contribution in [3.05, 3.63) is 59.0 Å². The van der Waals surface area contributed by atoms with E-state index in [2.05, 4.69) is 26.3 Å². The molecule has 0 radical (unpaired) electrons. The molecule has 11 heteroatoms. The van der Waals surface area contributed by atoms with Crippen molar-refractivity contribution in [3.8, 4) is 0 Å². The summed E-state index contributed by atoms with van der Waals surface area (Å²) in [5.41, 5.74) is 2.93. The van der Waals surface area contributed by atoms with Crippen LogP contribution in [0.15, 0.2) is 42.6 Å². The third-order valence-electron chi connectivity index (χ3n) is 4.71. The smallest absolute Gasteiger partial charge is 0.267 e. The highest BCUT2D eigenvalue weighted by molar-refractivity contribution is 7.18. The molecule has 3 aromatic rings. The van der Waals surface area contributed by atoms with Gasteiger partial charge in [0.05, 0.1) is 16.8 Å². The minimum atomic E-state index is -0.688. The number of amides is 1. The summed E-state index contributed by atoms with van der Waals surface area (Å²) in [5, 5.41) is 12.7. The average molecular weight is 486 g/mol. The van der Waals surface area contributed by atoms with Crippen LogP contribution in [0.1, 0.15) is 17.0 Å². The number of hydroxylamine groups is 1. The highest BCUT2D eigenvalue weighted by Gasteiger charge is 2.24. The summed E-state index contributed by atoms with van der Waals surface area (Å²) < 4.78 is 15.5. The maximum atomic E-state index is 14.3. The number of anilines is 1. The Morgan fingerprint density at radius 1 is 1.35 bits per heavy atom. The first-order chi connectivity index (χ1) is 14.1. The third-order valence-corrected chi connectivity index (χ3v) is 5.73. The summed E-state index contributed by atoms with van der Waals surface area (Å²) in [7, 11) is 0. The molecule has 1 saturated heterocycles. The Bertz CT molecular complexity index is 1030. The Kier molecular flexibility index (Phi) is 9.15. The van der Waals surface area contributed by atoms with Crippen LogP contribution in [0.3, 0.4) is 0 Å². The molecule has 1 aliphatic heterocycles. The number of halogens is 3. The molecule has 0 bridgehead atoms. The molecule has 1 fully saturated rings. The Balaban J connectivity index is 0.00000171. The van der Waals surface area contributed by atoms with Gasteiger partial charge >= 0.3 is 0 Å². The van der Waals surface area contributed by atoms with Gasteiger partial charge in [-0.15, -0.1) is 36.2 Å². The molecule has 1 amide bonds. The topological polar surface area (TPSA) is 90.4 Å². The van der Waals surface area contributed by atoms with E-state index in [9.17, 15) is 9.18 Å². The minimum Gasteiger partial charge on any atom is -0.364 e. The number of benzene rings is 1. The SMILES string of the molecule is Cl.Cl.O=C(/C=C/c1cnc(N[C@@H]2CCN(Cc3nc4ccccc4s3)C2)c(F)c1)NO. The molecular weight excluding hydrogens is 464 g/mol. The van der Waals surface area contributed by atoms with Crippen LogP contribution >= 0.6 is 36.2 Å². The molecule has 0 aliphatic carbocycles. The van der Waals surface area contributed by atoms with Crippen LogP contribution in [0.2, 0.25) is 0 Å². The van der Waals surface area contributed by atoms with Gasteiger partial charge in [0.1, 0.15) is 5.01 Å². The van der Waals surface area contributed by atoms with E-state index in [-0.39, 0.29) is 36.7 Å². The van der Waals surface area contributed by atoms with Crippen molar-refractivity contribution >= 4 is 64.2 Å². The lowest BCUT2D eigenvalue weighted by molar-refractivity contribution is -0.124. The van der Waals surface area contributed by atoms with Crippen LogP contribution < -0.4 is 10.8 Å². The summed E-state index contributed by atoms with van der Waals surface area (Å²) in [5.74, 6) is -0.978. The number of hydrogen-bond acceptors (Lipinski definition) is 7. The van der Waals surface area contributed by atoms with Gasteiger partial charge in [0, 0.05) is 31.4 Å². The van der Waals surface area contributed by atoms with E-state index in [4.69, 9.17) is 5.21 Å². The summed E-state index contributed by atoms with van der Waals surface area (Å²) in [4.78, 5) is 22.1. The highest BCUT2D eigenvalue weighted by atomic mass is 35.5. The first kappa shape index (κ1) is 25.0. The van der Waals surface area contributed by atoms with Crippen molar-refractivity contribution in [1.82, 2.24) is 20.3 Å². The molecule has 1 aliphatic rings. The molecule has 0 unspecified atom stereocenters. The average Bonchev–Trinajstić information content (AvgIpc) is 3.34. The Hall–Kier alpha value is -2.30. The molecule has 2 aromatic heterocycles. The van der Waals surface area contributed by atoms with Gasteiger partial charge in [-0.3, -0.25) is 14.9 Å². The van der Waals surface area contributed by atoms with Crippen molar-refractivity contribution in [2.75, 3.05) is 18.4 Å². The van der Waals surface area contributed by atoms with E-state index in [1.165, 1.54) is 28.5 Å². The minimum absolute atomic E-state index is 0. The fraction of sp³-hybridized carbons (Fsp3) is 0.250. The molecule has 0 spiro atoms. The number of fused-ring (bicyclic) bond motifs is 1. The zero-order chi connectivity index (χ0) is 20.2. The van der Waals surface area contributed by atoms with Gasteiger partial charge in [0.2, 0.25) is 0 Å². The number of nitrogens with one attached hydrogen (secondary N) is 2. The summed E-state index contributed by atoms with van der Waals surface area (Å²) in [6.45, 7) is 2.48. The van der Waals surface area contributed by atoms with Crippen LogP contribution in [0.5, 0.6) is 0 Å². The molecule has 3 N–H and O–H groups in total. The van der Waals surface area contributed by atoms with Crippen LogP contribution in [0.25, 0.3) is 16.3 Å². The predicted octanol–water partition coefficient (Wildman–Crippen LogP) is 3.88. The van der Waals surface area contributed by atoms with E-state index in [1.807, 2.05) is 18.2 Å². The number of nitrogens with zero attached hydrogens (tertiary/aromatic N) is 3. The molecule has 3 heterocycles. The van der Waals surface area contributed by atoms with Crippen LogP contribution in [-0.4, -0.2) is 45.1 Å². The summed E-state index contributed by atoms with van der Waals surface area (Å²) >= 11 is 1.71. The number of rotatable bonds is 6. The van der Waals surface area contributed by atoms with E-state index >= 15 is 0 Å². The standard InChI is InChI=1S/C20H20FN5O2S.2ClH/c21-15-9-13(5-6-18(27)25-28)10-22-20(15)23-14-7-8-26(11-14)12-19-24-16-3-1-2-4-17(16)29-19;;/h1-6,9-10,14,28H,7-8,11-12H2,(H,22,23)(H,25,27);2*1H/b6-5+;;/t14-;;/m1../s1. The predicted molar refractivity (Wildman–Crippen MR) is 125 cm³/mol. The molecule has 7 nitrogen and oxygen atoms in total. The molecule has 0 saturated carbocycles. The summed E-state index contributed by atoms with van der Waals surface area (Å²) in [6.07, 6.45) is 4.84. The molecule has 166 valence electrons. The quantitative estimate of drug-likeness (QED) is 0.279. The van der Waals surface area contributed by atoms with Gasteiger partial charge in [-0.05, 0) is 36.3 Å². The fourth-order valence-corrected chi connectivity index (χ4v) is 4.34. The van der Waals surface area contributed by atoms with Crippen molar-refractivity contribution in [1.29, 1.82) is 0 Å². The Morgan fingerprint density at radius 3 is 2.90 bits per heavy atom. The Labute approximate surface area is 195 Å². The second kappa shape index (κ2) is 11.4. The number of para-hydroxylation sites is 1. The normalized spacial score (nSPS) is 16.1. The molecule has 31 heavy (non-hydrogen) atoms. The van der Waals surface area contributed by atoms with E-state index in [1.54, 1.807) is 11.3 Å². The van der Waals surface area contributed by atoms with Gasteiger partial charge in [-0.1, -0.05) is 12.1 Å². The number of thiazole rings is 1. The van der Waals surface area contributed by atoms with Gasteiger partial charge in [-0.25, -0.2) is 19.8 Å². The zero-order valence-corrected chi connectivity index (χ0v) is 18.8. The fourth-order valence-electron chi connectivity index (χ4n) is 3.33. The maximum absolute atomic E-state index is 14.3. The zero-order valence-electron chi connectivity index (χ0n) is 16.3. The Morgan fingerprint density at radius 2 is 2.16 bits per heavy atom. The monoisotopic (exact) mass is 485 g/mol. The summed E-state index contributed by atoms with van der Waals surface area (Å²) in [6, 6.07) is 9.51. The number of carbonyl (C=O) groups is 1. The van der Waals surface area contributed by atoms with Gasteiger partial charge in [0.25, 0.3) is 5.91 Å². The lowest BCUT2D eigenvalue weighted by Crippen LogP contribution is -2.26. The van der Waals surface area contributed by atoms with E-state index in [0.717, 1.165) is 42.7 Å². The van der Waals surface area contributed by atoms with Gasteiger partial charge < -0.3 is 5.32 Å². The molecule has 1 atom stereocenters. The van der Waals surface area contributed by atoms with E-state index < -0.39 is 11.7 Å². The second-order valence-corrected chi connectivity index (χ2v) is 7.96. The lowest BCUT2D eigenvalue weighted by atomic mass is 10.2. The number of pyridine rings is 1. The first-order valence-corrected chi connectivity index (χ1v) is 10.0. The van der Waals surface area contributed by atoms with Crippen molar-refractivity contribution < 1.29 is 14.4 Å². The van der Waals surface area contributed by atoms with Crippen LogP contribution in [0, 0.1) is 5.82 Å². The third kappa shape index (κ3) is 6.34. The van der Waals surface area contributed by atoms with Crippen LogP contribution in [-0.2, 0) is 11.3 Å². The van der Waals surface area contributed by atoms with Gasteiger partial charge in [-0.2, -0.15) is 0 Å². The van der Waals surface area contributed by atoms with Crippen molar-refractivity contribution in [2.45, 2.75) is 19.0 Å². The largest absolute Gasteiger partial charge is 0.364 e. The number of hydrogen-bond donors (Lipinski definition) is 3. The maximum Gasteiger partial charge on any atom is 0.267 e. The number of aromatic nitrogens is 2.